The van der Waals surface area contributed by atoms with Gasteiger partial charge in [0.15, 0.2) is 11.5 Å². The molecule has 2 aromatic carbocycles. The van der Waals surface area contributed by atoms with Crippen LogP contribution in [0, 0.1) is 5.92 Å². The van der Waals surface area contributed by atoms with E-state index in [-0.39, 0.29) is 11.5 Å². The van der Waals surface area contributed by atoms with Crippen LogP contribution in [-0.2, 0) is 4.79 Å². The van der Waals surface area contributed by atoms with E-state index in [2.05, 4.69) is 19.2 Å². The Morgan fingerprint density at radius 3 is 2.57 bits per heavy atom. The number of hydrogen-bond donors (Lipinski definition) is 2. The lowest BCUT2D eigenvalue weighted by Gasteiger charge is -2.12. The van der Waals surface area contributed by atoms with Gasteiger partial charge in [-0.15, -0.1) is 0 Å². The second-order valence-electron chi connectivity index (χ2n) is 6.67. The van der Waals surface area contributed by atoms with Crippen LogP contribution in [0.4, 0.5) is 5.69 Å². The number of hydrogen-bond acceptors (Lipinski definition) is 4. The summed E-state index contributed by atoms with van der Waals surface area (Å²) >= 11 is 0. The van der Waals surface area contributed by atoms with Crippen LogP contribution in [0.5, 0.6) is 11.5 Å². The highest BCUT2D eigenvalue weighted by Gasteiger charge is 2.09. The minimum absolute atomic E-state index is 0.258. The van der Waals surface area contributed by atoms with Crippen LogP contribution in [0.2, 0.25) is 0 Å². The topological polar surface area (TPSA) is 90.6 Å². The van der Waals surface area contributed by atoms with E-state index in [9.17, 15) is 9.59 Å². The fourth-order valence-corrected chi connectivity index (χ4v) is 2.46. The Bertz CT molecular complexity index is 859. The first-order chi connectivity index (χ1) is 13.4. The molecular formula is C22H26N2O4. The van der Waals surface area contributed by atoms with Gasteiger partial charge in [0.25, 0.3) is 5.91 Å². The molecule has 0 aliphatic heterocycles. The first kappa shape index (κ1) is 21.0. The van der Waals surface area contributed by atoms with Crippen LogP contribution in [0.3, 0.4) is 0 Å². The third-order valence-electron chi connectivity index (χ3n) is 4.02. The summed E-state index contributed by atoms with van der Waals surface area (Å²) < 4.78 is 11.1. The smallest absolute Gasteiger partial charge is 0.250 e. The monoisotopic (exact) mass is 382 g/mol. The second-order valence-corrected chi connectivity index (χ2v) is 6.67. The van der Waals surface area contributed by atoms with E-state index in [1.807, 2.05) is 12.1 Å². The molecular weight excluding hydrogens is 356 g/mol. The van der Waals surface area contributed by atoms with Crippen molar-refractivity contribution >= 4 is 23.6 Å². The van der Waals surface area contributed by atoms with Gasteiger partial charge in [0, 0.05) is 6.08 Å². The van der Waals surface area contributed by atoms with E-state index in [1.165, 1.54) is 6.08 Å². The number of benzene rings is 2. The Labute approximate surface area is 165 Å². The molecule has 148 valence electrons. The van der Waals surface area contributed by atoms with Crippen LogP contribution >= 0.6 is 0 Å². The highest BCUT2D eigenvalue weighted by atomic mass is 16.5. The molecule has 3 N–H and O–H groups in total. The van der Waals surface area contributed by atoms with Crippen LogP contribution in [-0.4, -0.2) is 25.5 Å². The summed E-state index contributed by atoms with van der Waals surface area (Å²) in [6, 6.07) is 12.0. The Hall–Kier alpha value is -3.28. The van der Waals surface area contributed by atoms with Gasteiger partial charge >= 0.3 is 0 Å². The Morgan fingerprint density at radius 1 is 1.14 bits per heavy atom. The quantitative estimate of drug-likeness (QED) is 0.644. The predicted molar refractivity (Wildman–Crippen MR) is 111 cm³/mol. The lowest BCUT2D eigenvalue weighted by molar-refractivity contribution is -0.111. The summed E-state index contributed by atoms with van der Waals surface area (Å²) in [7, 11) is 1.58. The average molecular weight is 382 g/mol. The van der Waals surface area contributed by atoms with Crippen molar-refractivity contribution in [2.75, 3.05) is 19.0 Å². The van der Waals surface area contributed by atoms with E-state index in [4.69, 9.17) is 15.2 Å². The number of amides is 2. The second kappa shape index (κ2) is 10.2. The maximum absolute atomic E-state index is 12.2. The van der Waals surface area contributed by atoms with Crippen molar-refractivity contribution in [1.82, 2.24) is 0 Å². The average Bonchev–Trinajstić information content (AvgIpc) is 2.67. The number of primary amides is 1. The molecule has 0 radical (unpaired) electrons. The summed E-state index contributed by atoms with van der Waals surface area (Å²) in [4.78, 5) is 23.6. The van der Waals surface area contributed by atoms with Crippen molar-refractivity contribution in [3.05, 3.63) is 59.7 Å². The van der Waals surface area contributed by atoms with Crippen molar-refractivity contribution in [2.45, 2.75) is 20.3 Å². The SMILES string of the molecule is COc1cc(C=CC(=O)Nc2ccccc2C(N)=O)ccc1OCCC(C)C. The highest BCUT2D eigenvalue weighted by molar-refractivity contribution is 6.07. The molecule has 0 bridgehead atoms. The summed E-state index contributed by atoms with van der Waals surface area (Å²) in [6.07, 6.45) is 3.99. The highest BCUT2D eigenvalue weighted by Crippen LogP contribution is 2.29. The molecule has 0 aliphatic carbocycles. The molecule has 0 saturated heterocycles. The van der Waals surface area contributed by atoms with E-state index in [0.29, 0.717) is 29.7 Å². The summed E-state index contributed by atoms with van der Waals surface area (Å²) in [6.45, 7) is 4.90. The molecule has 0 saturated carbocycles. The van der Waals surface area contributed by atoms with E-state index in [1.54, 1.807) is 43.5 Å². The van der Waals surface area contributed by atoms with Gasteiger partial charge in [-0.05, 0) is 48.2 Å². The van der Waals surface area contributed by atoms with Crippen molar-refractivity contribution in [2.24, 2.45) is 11.7 Å². The molecule has 0 aliphatic rings. The largest absolute Gasteiger partial charge is 0.493 e. The van der Waals surface area contributed by atoms with E-state index < -0.39 is 5.91 Å². The number of carbonyl (C=O) groups excluding carboxylic acids is 2. The Morgan fingerprint density at radius 2 is 1.89 bits per heavy atom. The molecule has 2 amide bonds. The third-order valence-corrected chi connectivity index (χ3v) is 4.02. The molecule has 2 rings (SSSR count). The van der Waals surface area contributed by atoms with Gasteiger partial charge in [-0.2, -0.15) is 0 Å². The number of anilines is 1. The minimum atomic E-state index is -0.599. The Kier molecular flexibility index (Phi) is 7.63. The molecule has 28 heavy (non-hydrogen) atoms. The number of methoxy groups -OCH3 is 1. The van der Waals surface area contributed by atoms with Crippen LogP contribution < -0.4 is 20.5 Å². The van der Waals surface area contributed by atoms with Crippen LogP contribution in [0.25, 0.3) is 6.08 Å². The molecule has 0 aromatic heterocycles. The normalized spacial score (nSPS) is 10.9. The summed E-state index contributed by atoms with van der Waals surface area (Å²) in [5.74, 6) is 0.861. The first-order valence-corrected chi connectivity index (χ1v) is 9.09. The predicted octanol–water partition coefficient (Wildman–Crippen LogP) is 3.87. The van der Waals surface area contributed by atoms with Gasteiger partial charge in [-0.1, -0.05) is 32.0 Å². The van der Waals surface area contributed by atoms with E-state index >= 15 is 0 Å². The third kappa shape index (κ3) is 6.16. The van der Waals surface area contributed by atoms with Crippen molar-refractivity contribution in [3.63, 3.8) is 0 Å². The number of nitrogens with two attached hydrogens (primary N) is 1. The van der Waals surface area contributed by atoms with Gasteiger partial charge in [-0.25, -0.2) is 0 Å². The summed E-state index contributed by atoms with van der Waals surface area (Å²) in [5.41, 5.74) is 6.73. The number of nitrogens with one attached hydrogen (secondary N) is 1. The number of carbonyl (C=O) groups is 2. The maximum Gasteiger partial charge on any atom is 0.250 e. The fourth-order valence-electron chi connectivity index (χ4n) is 2.46. The lowest BCUT2D eigenvalue weighted by atomic mass is 10.1. The van der Waals surface area contributed by atoms with Crippen LogP contribution in [0.1, 0.15) is 36.2 Å². The minimum Gasteiger partial charge on any atom is -0.493 e. The van der Waals surface area contributed by atoms with Crippen molar-refractivity contribution in [1.29, 1.82) is 0 Å². The summed E-state index contributed by atoms with van der Waals surface area (Å²) in [5, 5.41) is 2.66. The standard InChI is InChI=1S/C22H26N2O4/c1-15(2)12-13-28-19-10-8-16(14-20(19)27-3)9-11-21(25)24-18-7-5-4-6-17(18)22(23)26/h4-11,14-15H,12-13H2,1-3H3,(H2,23,26)(H,24,25). The fraction of sp³-hybridized carbons (Fsp3) is 0.273. The van der Waals surface area contributed by atoms with Crippen molar-refractivity contribution in [3.8, 4) is 11.5 Å². The van der Waals surface area contributed by atoms with E-state index in [0.717, 1.165) is 12.0 Å². The molecule has 6 nitrogen and oxygen atoms in total. The zero-order valence-electron chi connectivity index (χ0n) is 16.4. The van der Waals surface area contributed by atoms with Gasteiger partial charge in [0.1, 0.15) is 0 Å². The molecule has 2 aromatic rings. The van der Waals surface area contributed by atoms with Crippen LogP contribution in [0.15, 0.2) is 48.5 Å². The maximum atomic E-state index is 12.2. The first-order valence-electron chi connectivity index (χ1n) is 9.09. The zero-order valence-corrected chi connectivity index (χ0v) is 16.4. The molecule has 0 unspecified atom stereocenters. The molecule has 0 spiro atoms. The van der Waals surface area contributed by atoms with Gasteiger partial charge in [0.05, 0.1) is 25.0 Å². The zero-order chi connectivity index (χ0) is 20.5. The number of ether oxygens (including phenoxy) is 2. The molecule has 6 heteroatoms. The van der Waals surface area contributed by atoms with Gasteiger partial charge in [-0.3, -0.25) is 9.59 Å². The van der Waals surface area contributed by atoms with Gasteiger partial charge < -0.3 is 20.5 Å². The number of rotatable bonds is 9. The Balaban J connectivity index is 2.05. The molecule has 0 atom stereocenters. The van der Waals surface area contributed by atoms with Crippen molar-refractivity contribution < 1.29 is 19.1 Å². The number of para-hydroxylation sites is 1. The van der Waals surface area contributed by atoms with Gasteiger partial charge in [0.2, 0.25) is 5.91 Å². The molecule has 0 fully saturated rings. The lowest BCUT2D eigenvalue weighted by Crippen LogP contribution is -2.16. The molecule has 0 heterocycles.